The highest BCUT2D eigenvalue weighted by Crippen LogP contribution is 2.08. The summed E-state index contributed by atoms with van der Waals surface area (Å²) < 4.78 is 8.73. The Balaban J connectivity index is 2.75. The second-order valence-electron chi connectivity index (χ2n) is 3.36. The minimum Gasteiger partial charge on any atom is -0.434 e. The Kier molecular flexibility index (Phi) is 4.67. The van der Waals surface area contributed by atoms with E-state index in [2.05, 4.69) is 9.47 Å². The molecule has 4 N–H and O–H groups in total. The number of benzene rings is 1. The van der Waals surface area contributed by atoms with E-state index in [1.807, 2.05) is 0 Å². The number of ether oxygens (including phenoxy) is 2. The van der Waals surface area contributed by atoms with Crippen LogP contribution in [0.5, 0.6) is 0 Å². The van der Waals surface area contributed by atoms with Crippen LogP contribution >= 0.6 is 0 Å². The average molecular weight is 252 g/mol. The van der Waals surface area contributed by atoms with E-state index in [4.69, 9.17) is 11.5 Å². The molecular weight excluding hydrogens is 240 g/mol. The number of amides is 2. The molecule has 0 heterocycles. The van der Waals surface area contributed by atoms with Crippen LogP contribution in [0.2, 0.25) is 0 Å². The summed E-state index contributed by atoms with van der Waals surface area (Å²) in [6.07, 6.45) is -3.68. The van der Waals surface area contributed by atoms with Gasteiger partial charge in [0.25, 0.3) is 0 Å². The molecule has 1 atom stereocenters. The van der Waals surface area contributed by atoms with Crippen molar-refractivity contribution in [3.05, 3.63) is 35.9 Å². The lowest BCUT2D eigenvalue weighted by Crippen LogP contribution is -2.35. The quantitative estimate of drug-likeness (QED) is 0.590. The predicted octanol–water partition coefficient (Wildman–Crippen LogP) is 0.315. The highest BCUT2D eigenvalue weighted by molar-refractivity contribution is 5.87. The summed E-state index contributed by atoms with van der Waals surface area (Å²) in [4.78, 5) is 32.6. The fourth-order valence-corrected chi connectivity index (χ4v) is 1.31. The molecule has 0 aliphatic carbocycles. The summed E-state index contributed by atoms with van der Waals surface area (Å²) in [7, 11) is 0. The normalized spacial score (nSPS) is 11.3. The second-order valence-corrected chi connectivity index (χ2v) is 3.36. The Bertz CT molecular complexity index is 446. The highest BCUT2D eigenvalue weighted by atomic mass is 16.6. The third-order valence-electron chi connectivity index (χ3n) is 1.99. The zero-order valence-electron chi connectivity index (χ0n) is 9.37. The number of nitrogens with two attached hydrogens (primary N) is 2. The largest absolute Gasteiger partial charge is 0.434 e. The Morgan fingerprint density at radius 1 is 1.06 bits per heavy atom. The first-order valence-corrected chi connectivity index (χ1v) is 5.00. The number of primary amides is 2. The van der Waals surface area contributed by atoms with Crippen LogP contribution in [0.25, 0.3) is 0 Å². The van der Waals surface area contributed by atoms with E-state index in [0.717, 1.165) is 0 Å². The molecule has 7 heteroatoms. The van der Waals surface area contributed by atoms with Gasteiger partial charge in [0.1, 0.15) is 0 Å². The van der Waals surface area contributed by atoms with Crippen molar-refractivity contribution in [2.24, 2.45) is 11.5 Å². The van der Waals surface area contributed by atoms with E-state index < -0.39 is 24.3 Å². The third kappa shape index (κ3) is 4.52. The molecule has 96 valence electrons. The standard InChI is InChI=1S/C11H12N2O5/c12-10(15)17-8(9(14)18-11(13)16)6-7-4-2-1-3-5-7/h1-5,8H,6H2,(H2,12,15)(H2,13,16). The van der Waals surface area contributed by atoms with Gasteiger partial charge in [0.15, 0.2) is 0 Å². The molecular formula is C11H12N2O5. The van der Waals surface area contributed by atoms with E-state index in [1.54, 1.807) is 30.3 Å². The van der Waals surface area contributed by atoms with E-state index in [0.29, 0.717) is 5.56 Å². The summed E-state index contributed by atoms with van der Waals surface area (Å²) in [5.41, 5.74) is 10.2. The molecule has 0 spiro atoms. The first-order valence-electron chi connectivity index (χ1n) is 5.00. The lowest BCUT2D eigenvalue weighted by molar-refractivity contribution is -0.146. The van der Waals surface area contributed by atoms with Crippen LogP contribution in [-0.2, 0) is 20.7 Å². The zero-order chi connectivity index (χ0) is 13.5. The van der Waals surface area contributed by atoms with Crippen molar-refractivity contribution in [3.63, 3.8) is 0 Å². The van der Waals surface area contributed by atoms with Gasteiger partial charge in [0.05, 0.1) is 0 Å². The van der Waals surface area contributed by atoms with Crippen LogP contribution in [0.3, 0.4) is 0 Å². The average Bonchev–Trinajstić information content (AvgIpc) is 2.28. The Morgan fingerprint density at radius 2 is 1.67 bits per heavy atom. The molecule has 0 aliphatic rings. The minimum atomic E-state index is -1.31. The molecule has 0 bridgehead atoms. The maximum Gasteiger partial charge on any atom is 0.412 e. The van der Waals surface area contributed by atoms with E-state index in [-0.39, 0.29) is 6.42 Å². The molecule has 0 fully saturated rings. The molecule has 1 unspecified atom stereocenters. The zero-order valence-corrected chi connectivity index (χ0v) is 9.37. The van der Waals surface area contributed by atoms with Crippen LogP contribution in [0.4, 0.5) is 9.59 Å². The summed E-state index contributed by atoms with van der Waals surface area (Å²) in [6, 6.07) is 8.71. The first kappa shape index (κ1) is 13.5. The summed E-state index contributed by atoms with van der Waals surface area (Å²) in [6.45, 7) is 0. The predicted molar refractivity (Wildman–Crippen MR) is 60.3 cm³/mol. The first-order chi connectivity index (χ1) is 8.49. The SMILES string of the molecule is NC(=O)OC(=O)C(Cc1ccccc1)OC(N)=O. The smallest absolute Gasteiger partial charge is 0.412 e. The molecule has 1 aromatic rings. The fraction of sp³-hybridized carbons (Fsp3) is 0.182. The molecule has 1 rings (SSSR count). The molecule has 7 nitrogen and oxygen atoms in total. The molecule has 0 radical (unpaired) electrons. The van der Waals surface area contributed by atoms with Crippen LogP contribution in [0.1, 0.15) is 5.56 Å². The van der Waals surface area contributed by atoms with Gasteiger partial charge < -0.3 is 20.9 Å². The van der Waals surface area contributed by atoms with Crippen molar-refractivity contribution in [3.8, 4) is 0 Å². The van der Waals surface area contributed by atoms with Crippen LogP contribution in [-0.4, -0.2) is 24.3 Å². The van der Waals surface area contributed by atoms with Gasteiger partial charge in [0, 0.05) is 6.42 Å². The molecule has 0 saturated carbocycles. The molecule has 2 amide bonds. The number of hydrogen-bond acceptors (Lipinski definition) is 5. The van der Waals surface area contributed by atoms with Gasteiger partial charge in [-0.2, -0.15) is 0 Å². The highest BCUT2D eigenvalue weighted by Gasteiger charge is 2.25. The maximum absolute atomic E-state index is 11.4. The third-order valence-corrected chi connectivity index (χ3v) is 1.99. The fourth-order valence-electron chi connectivity index (χ4n) is 1.31. The maximum atomic E-state index is 11.4. The van der Waals surface area contributed by atoms with Gasteiger partial charge in [-0.15, -0.1) is 0 Å². The van der Waals surface area contributed by atoms with Gasteiger partial charge >= 0.3 is 18.2 Å². The van der Waals surface area contributed by atoms with Gasteiger partial charge in [-0.25, -0.2) is 14.4 Å². The summed E-state index contributed by atoms with van der Waals surface area (Å²) in [5.74, 6) is -1.06. The van der Waals surface area contributed by atoms with Crippen LogP contribution in [0.15, 0.2) is 30.3 Å². The molecule has 0 saturated heterocycles. The number of carbonyl (C=O) groups is 3. The van der Waals surface area contributed by atoms with Crippen molar-refractivity contribution in [1.29, 1.82) is 0 Å². The Hall–Kier alpha value is -2.57. The van der Waals surface area contributed by atoms with Gasteiger partial charge in [-0.3, -0.25) is 0 Å². The van der Waals surface area contributed by atoms with Crippen LogP contribution in [0, 0.1) is 0 Å². The molecule has 18 heavy (non-hydrogen) atoms. The van der Waals surface area contributed by atoms with Gasteiger partial charge in [-0.1, -0.05) is 30.3 Å². The van der Waals surface area contributed by atoms with Crippen molar-refractivity contribution < 1.29 is 23.9 Å². The topological polar surface area (TPSA) is 122 Å². The Morgan fingerprint density at radius 3 is 2.17 bits per heavy atom. The number of esters is 1. The van der Waals surface area contributed by atoms with Crippen molar-refractivity contribution in [2.45, 2.75) is 12.5 Å². The number of carbonyl (C=O) groups excluding carboxylic acids is 3. The van der Waals surface area contributed by atoms with Gasteiger partial charge in [0.2, 0.25) is 6.10 Å². The van der Waals surface area contributed by atoms with Crippen molar-refractivity contribution in [2.75, 3.05) is 0 Å². The van der Waals surface area contributed by atoms with E-state index in [9.17, 15) is 14.4 Å². The monoisotopic (exact) mass is 252 g/mol. The molecule has 0 aromatic heterocycles. The molecule has 0 aliphatic heterocycles. The summed E-state index contributed by atoms with van der Waals surface area (Å²) in [5, 5.41) is 0. The Labute approximate surface area is 103 Å². The van der Waals surface area contributed by atoms with Crippen molar-refractivity contribution >= 4 is 18.2 Å². The van der Waals surface area contributed by atoms with Crippen LogP contribution < -0.4 is 11.5 Å². The number of rotatable bonds is 4. The summed E-state index contributed by atoms with van der Waals surface area (Å²) >= 11 is 0. The minimum absolute atomic E-state index is 0.0376. The molecule has 1 aromatic carbocycles. The van der Waals surface area contributed by atoms with E-state index in [1.165, 1.54) is 0 Å². The van der Waals surface area contributed by atoms with Crippen molar-refractivity contribution in [1.82, 2.24) is 0 Å². The second kappa shape index (κ2) is 6.24. The lowest BCUT2D eigenvalue weighted by Gasteiger charge is -2.14. The number of hydrogen-bond donors (Lipinski definition) is 2. The van der Waals surface area contributed by atoms with Gasteiger partial charge in [-0.05, 0) is 5.56 Å². The lowest BCUT2D eigenvalue weighted by atomic mass is 10.1. The van der Waals surface area contributed by atoms with E-state index >= 15 is 0 Å².